The topological polar surface area (TPSA) is 42.7 Å². The van der Waals surface area contributed by atoms with Crippen LogP contribution in [0.15, 0.2) is 0 Å². The van der Waals surface area contributed by atoms with Crippen LogP contribution in [0.4, 0.5) is 0 Å². The first-order valence-electron chi connectivity index (χ1n) is 6.21. The molecule has 0 radical (unpaired) electrons. The highest BCUT2D eigenvalue weighted by molar-refractivity contribution is 4.87. The largest absolute Gasteiger partial charge is 0.315 e. The predicted molar refractivity (Wildman–Crippen MR) is 66.5 cm³/mol. The van der Waals surface area contributed by atoms with Crippen molar-refractivity contribution >= 4 is 0 Å². The van der Waals surface area contributed by atoms with E-state index in [9.17, 15) is 0 Å². The molecule has 0 amide bonds. The first-order valence-corrected chi connectivity index (χ1v) is 6.21. The summed E-state index contributed by atoms with van der Waals surface area (Å²) in [5.74, 6) is 1.90. The molecule has 0 saturated heterocycles. The van der Waals surface area contributed by atoms with Crippen molar-refractivity contribution in [1.82, 2.24) is 20.1 Å². The Hall–Kier alpha value is -0.900. The smallest absolute Gasteiger partial charge is 0.147 e. The average Bonchev–Trinajstić information content (AvgIpc) is 2.50. The number of hydrogen-bond acceptors (Lipinski definition) is 3. The number of rotatable bonds is 7. The lowest BCUT2D eigenvalue weighted by atomic mass is 10.2. The van der Waals surface area contributed by atoms with E-state index in [2.05, 4.69) is 29.2 Å². The van der Waals surface area contributed by atoms with E-state index < -0.39 is 0 Å². The molecule has 4 heteroatoms. The van der Waals surface area contributed by atoms with Gasteiger partial charge in [-0.3, -0.25) is 4.68 Å². The van der Waals surface area contributed by atoms with Crippen molar-refractivity contribution in [3.63, 3.8) is 0 Å². The molecule has 1 aromatic heterocycles. The maximum atomic E-state index is 4.35. The third kappa shape index (κ3) is 4.75. The van der Waals surface area contributed by atoms with Crippen LogP contribution in [0.2, 0.25) is 0 Å². The van der Waals surface area contributed by atoms with E-state index in [-0.39, 0.29) is 0 Å². The molecule has 1 heterocycles. The minimum Gasteiger partial charge on any atom is -0.315 e. The molecule has 0 aliphatic rings. The Morgan fingerprint density at radius 3 is 2.50 bits per heavy atom. The summed E-state index contributed by atoms with van der Waals surface area (Å²) in [5, 5.41) is 7.77. The molecule has 0 unspecified atom stereocenters. The van der Waals surface area contributed by atoms with Crippen molar-refractivity contribution in [2.24, 2.45) is 0 Å². The van der Waals surface area contributed by atoms with E-state index >= 15 is 0 Å². The Morgan fingerprint density at radius 2 is 1.94 bits per heavy atom. The zero-order valence-corrected chi connectivity index (χ0v) is 11.0. The van der Waals surface area contributed by atoms with E-state index in [1.807, 2.05) is 18.5 Å². The molecule has 4 nitrogen and oxygen atoms in total. The number of unbranched alkanes of at least 4 members (excludes halogenated alkanes) is 2. The van der Waals surface area contributed by atoms with E-state index in [1.165, 1.54) is 19.3 Å². The third-order valence-electron chi connectivity index (χ3n) is 2.56. The first-order chi connectivity index (χ1) is 7.59. The molecule has 1 aromatic rings. The van der Waals surface area contributed by atoms with Gasteiger partial charge in [0, 0.05) is 12.6 Å². The lowest BCUT2D eigenvalue weighted by molar-refractivity contribution is 0.504. The molecule has 0 bridgehead atoms. The molecule has 16 heavy (non-hydrogen) atoms. The SMILES string of the molecule is Cc1nc(C)n(CCCCCNC(C)C)n1. The van der Waals surface area contributed by atoms with Gasteiger partial charge >= 0.3 is 0 Å². The van der Waals surface area contributed by atoms with Gasteiger partial charge in [-0.05, 0) is 33.2 Å². The van der Waals surface area contributed by atoms with Gasteiger partial charge in [0.15, 0.2) is 0 Å². The minimum atomic E-state index is 0.597. The zero-order valence-electron chi connectivity index (χ0n) is 11.0. The van der Waals surface area contributed by atoms with Crippen molar-refractivity contribution in [2.45, 2.75) is 59.5 Å². The van der Waals surface area contributed by atoms with Crippen LogP contribution in [0, 0.1) is 13.8 Å². The summed E-state index contributed by atoms with van der Waals surface area (Å²) in [4.78, 5) is 4.29. The average molecular weight is 224 g/mol. The molecule has 92 valence electrons. The van der Waals surface area contributed by atoms with Crippen LogP contribution in [0.25, 0.3) is 0 Å². The summed E-state index contributed by atoms with van der Waals surface area (Å²) < 4.78 is 2.01. The van der Waals surface area contributed by atoms with Gasteiger partial charge in [-0.25, -0.2) is 4.98 Å². The second kappa shape index (κ2) is 6.63. The molecule has 0 atom stereocenters. The number of hydrogen-bond donors (Lipinski definition) is 1. The number of nitrogens with zero attached hydrogens (tertiary/aromatic N) is 3. The first kappa shape index (κ1) is 13.2. The second-order valence-electron chi connectivity index (χ2n) is 4.60. The Balaban J connectivity index is 2.09. The number of aromatic nitrogens is 3. The van der Waals surface area contributed by atoms with Crippen LogP contribution < -0.4 is 5.32 Å². The Bertz CT molecular complexity index is 304. The lowest BCUT2D eigenvalue weighted by Gasteiger charge is -2.07. The van der Waals surface area contributed by atoms with Crippen molar-refractivity contribution in [3.05, 3.63) is 11.6 Å². The van der Waals surface area contributed by atoms with E-state index in [4.69, 9.17) is 0 Å². The fourth-order valence-electron chi connectivity index (χ4n) is 1.73. The number of aryl methyl sites for hydroxylation is 3. The summed E-state index contributed by atoms with van der Waals surface area (Å²) >= 11 is 0. The Morgan fingerprint density at radius 1 is 1.19 bits per heavy atom. The van der Waals surface area contributed by atoms with Crippen LogP contribution in [0.1, 0.15) is 44.8 Å². The Labute approximate surface area is 98.5 Å². The zero-order chi connectivity index (χ0) is 12.0. The van der Waals surface area contributed by atoms with Crippen LogP contribution in [-0.4, -0.2) is 27.4 Å². The third-order valence-corrected chi connectivity index (χ3v) is 2.56. The molecule has 1 rings (SSSR count). The quantitative estimate of drug-likeness (QED) is 0.721. The van der Waals surface area contributed by atoms with Crippen LogP contribution in [0.5, 0.6) is 0 Å². The fraction of sp³-hybridized carbons (Fsp3) is 0.833. The highest BCUT2D eigenvalue weighted by Gasteiger charge is 2.01. The van der Waals surface area contributed by atoms with Crippen molar-refractivity contribution < 1.29 is 0 Å². The summed E-state index contributed by atoms with van der Waals surface area (Å²) in [6.07, 6.45) is 3.67. The molecular formula is C12H24N4. The van der Waals surface area contributed by atoms with Gasteiger partial charge in [-0.2, -0.15) is 5.10 Å². The van der Waals surface area contributed by atoms with E-state index in [0.29, 0.717) is 6.04 Å². The highest BCUT2D eigenvalue weighted by atomic mass is 15.3. The standard InChI is InChI=1S/C12H24N4/c1-10(2)13-8-6-5-7-9-16-12(4)14-11(3)15-16/h10,13H,5-9H2,1-4H3. The van der Waals surface area contributed by atoms with E-state index in [0.717, 1.165) is 24.7 Å². The molecule has 0 spiro atoms. The van der Waals surface area contributed by atoms with Crippen LogP contribution in [0.3, 0.4) is 0 Å². The second-order valence-corrected chi connectivity index (χ2v) is 4.60. The van der Waals surface area contributed by atoms with Crippen LogP contribution >= 0.6 is 0 Å². The van der Waals surface area contributed by atoms with Crippen molar-refractivity contribution in [1.29, 1.82) is 0 Å². The summed E-state index contributed by atoms with van der Waals surface area (Å²) in [5.41, 5.74) is 0. The number of nitrogens with one attached hydrogen (secondary N) is 1. The molecular weight excluding hydrogens is 200 g/mol. The van der Waals surface area contributed by atoms with Gasteiger partial charge < -0.3 is 5.32 Å². The maximum absolute atomic E-state index is 4.35. The molecule has 1 N–H and O–H groups in total. The van der Waals surface area contributed by atoms with Gasteiger partial charge in [0.1, 0.15) is 11.6 Å². The highest BCUT2D eigenvalue weighted by Crippen LogP contribution is 2.01. The molecule has 0 aliphatic carbocycles. The molecule has 0 saturated carbocycles. The van der Waals surface area contributed by atoms with Crippen molar-refractivity contribution in [2.75, 3.05) is 6.54 Å². The summed E-state index contributed by atoms with van der Waals surface area (Å²) in [6, 6.07) is 0.597. The fourth-order valence-corrected chi connectivity index (χ4v) is 1.73. The van der Waals surface area contributed by atoms with E-state index in [1.54, 1.807) is 0 Å². The Kier molecular flexibility index (Phi) is 5.46. The summed E-state index contributed by atoms with van der Waals surface area (Å²) in [6.45, 7) is 10.4. The monoisotopic (exact) mass is 224 g/mol. The predicted octanol–water partition coefficient (Wildman–Crippen LogP) is 2.06. The molecule has 0 aliphatic heterocycles. The maximum Gasteiger partial charge on any atom is 0.147 e. The van der Waals surface area contributed by atoms with Gasteiger partial charge in [0.2, 0.25) is 0 Å². The normalized spacial score (nSPS) is 11.3. The lowest BCUT2D eigenvalue weighted by Crippen LogP contribution is -2.23. The van der Waals surface area contributed by atoms with Gasteiger partial charge in [0.25, 0.3) is 0 Å². The summed E-state index contributed by atoms with van der Waals surface area (Å²) in [7, 11) is 0. The van der Waals surface area contributed by atoms with Gasteiger partial charge in [0.05, 0.1) is 0 Å². The molecule has 0 aromatic carbocycles. The molecule has 0 fully saturated rings. The van der Waals surface area contributed by atoms with Gasteiger partial charge in [-0.1, -0.05) is 20.3 Å². The van der Waals surface area contributed by atoms with Gasteiger partial charge in [-0.15, -0.1) is 0 Å². The minimum absolute atomic E-state index is 0.597. The van der Waals surface area contributed by atoms with Crippen molar-refractivity contribution in [3.8, 4) is 0 Å². The van der Waals surface area contributed by atoms with Crippen LogP contribution in [-0.2, 0) is 6.54 Å².